The van der Waals surface area contributed by atoms with Crippen LogP contribution in [0.5, 0.6) is 5.75 Å². The van der Waals surface area contributed by atoms with Gasteiger partial charge in [-0.05, 0) is 36.6 Å². The molecule has 1 aromatic rings. The van der Waals surface area contributed by atoms with Crippen molar-refractivity contribution in [1.82, 2.24) is 0 Å². The topological polar surface area (TPSA) is 29.5 Å². The Labute approximate surface area is 132 Å². The molecule has 0 aliphatic heterocycles. The number of ether oxygens (including phenoxy) is 1. The quantitative estimate of drug-likeness (QED) is 0.834. The van der Waals surface area contributed by atoms with E-state index in [0.29, 0.717) is 6.42 Å². The molecule has 0 unspecified atom stereocenters. The van der Waals surface area contributed by atoms with Crippen molar-refractivity contribution in [3.63, 3.8) is 0 Å². The number of aliphatic hydroxyl groups excluding tert-OH is 1. The molecular weight excluding hydrogens is 280 g/mol. The van der Waals surface area contributed by atoms with Gasteiger partial charge in [0.05, 0.1) is 13.7 Å². The fourth-order valence-electron chi connectivity index (χ4n) is 2.59. The zero-order valence-electron chi connectivity index (χ0n) is 12.7. The molecule has 114 valence electrons. The van der Waals surface area contributed by atoms with Crippen LogP contribution >= 0.6 is 11.8 Å². The minimum absolute atomic E-state index is 0.120. The van der Waals surface area contributed by atoms with Crippen LogP contribution in [-0.2, 0) is 5.75 Å². The highest BCUT2D eigenvalue weighted by Crippen LogP contribution is 2.32. The van der Waals surface area contributed by atoms with Gasteiger partial charge in [0.25, 0.3) is 0 Å². The van der Waals surface area contributed by atoms with Crippen LogP contribution < -0.4 is 4.74 Å². The van der Waals surface area contributed by atoms with Crippen molar-refractivity contribution in [2.24, 2.45) is 0 Å². The Hall–Kier alpha value is -1.11. The van der Waals surface area contributed by atoms with Gasteiger partial charge in [-0.15, -0.1) is 0 Å². The predicted molar refractivity (Wildman–Crippen MR) is 89.7 cm³/mol. The average molecular weight is 304 g/mol. The maximum absolute atomic E-state index is 8.84. The molecule has 1 saturated carbocycles. The number of rotatable bonds is 5. The molecule has 0 atom stereocenters. The number of thioether (sulfide) groups is 1. The van der Waals surface area contributed by atoms with E-state index >= 15 is 0 Å². The Kier molecular flexibility index (Phi) is 6.99. The van der Waals surface area contributed by atoms with Crippen LogP contribution in [0, 0.1) is 11.8 Å². The predicted octanol–water partition coefficient (Wildman–Crippen LogP) is 4.00. The van der Waals surface area contributed by atoms with Crippen molar-refractivity contribution in [3.8, 4) is 17.6 Å². The molecular formula is C18H24O2S. The first-order chi connectivity index (χ1) is 10.3. The van der Waals surface area contributed by atoms with Crippen LogP contribution in [0.4, 0.5) is 0 Å². The zero-order valence-corrected chi connectivity index (χ0v) is 13.5. The third-order valence-electron chi connectivity index (χ3n) is 3.80. The highest BCUT2D eigenvalue weighted by molar-refractivity contribution is 7.99. The van der Waals surface area contributed by atoms with Crippen LogP contribution in [0.25, 0.3) is 0 Å². The summed E-state index contributed by atoms with van der Waals surface area (Å²) in [6.07, 6.45) is 7.37. The second-order valence-electron chi connectivity index (χ2n) is 5.37. The Balaban J connectivity index is 2.05. The second kappa shape index (κ2) is 9.02. The van der Waals surface area contributed by atoms with Gasteiger partial charge in [0, 0.05) is 23.0 Å². The molecule has 0 aromatic heterocycles. The van der Waals surface area contributed by atoms with Crippen LogP contribution in [0.3, 0.4) is 0 Å². The van der Waals surface area contributed by atoms with Crippen LogP contribution in [0.2, 0.25) is 0 Å². The zero-order chi connectivity index (χ0) is 14.9. The molecule has 1 fully saturated rings. The molecule has 2 nitrogen and oxygen atoms in total. The van der Waals surface area contributed by atoms with E-state index in [9.17, 15) is 0 Å². The summed E-state index contributed by atoms with van der Waals surface area (Å²) >= 11 is 2.05. The van der Waals surface area contributed by atoms with E-state index in [2.05, 4.69) is 29.7 Å². The standard InChI is InChI=1S/C18H24O2S/c1-20-17-11-10-15(7-5-6-12-19)16(13-17)14-21-18-8-3-2-4-9-18/h10-11,13,18-19H,2-4,6,8-9,12,14H2,1H3. The summed E-state index contributed by atoms with van der Waals surface area (Å²) in [5.41, 5.74) is 2.31. The minimum Gasteiger partial charge on any atom is -0.497 e. The van der Waals surface area contributed by atoms with E-state index in [1.165, 1.54) is 37.7 Å². The molecule has 1 aromatic carbocycles. The molecule has 2 rings (SSSR count). The molecule has 1 aliphatic rings. The lowest BCUT2D eigenvalue weighted by Gasteiger charge is -2.21. The van der Waals surface area contributed by atoms with Crippen molar-refractivity contribution in [1.29, 1.82) is 0 Å². The smallest absolute Gasteiger partial charge is 0.119 e. The summed E-state index contributed by atoms with van der Waals surface area (Å²) in [6.45, 7) is 0.120. The molecule has 21 heavy (non-hydrogen) atoms. The first-order valence-corrected chi connectivity index (χ1v) is 8.76. The van der Waals surface area contributed by atoms with E-state index in [1.807, 2.05) is 12.1 Å². The molecule has 0 spiro atoms. The molecule has 1 aliphatic carbocycles. The van der Waals surface area contributed by atoms with Gasteiger partial charge >= 0.3 is 0 Å². The molecule has 0 amide bonds. The Morgan fingerprint density at radius 1 is 1.29 bits per heavy atom. The number of methoxy groups -OCH3 is 1. The second-order valence-corrected chi connectivity index (χ2v) is 6.66. The van der Waals surface area contributed by atoms with Crippen molar-refractivity contribution < 1.29 is 9.84 Å². The van der Waals surface area contributed by atoms with Crippen molar-refractivity contribution >= 4 is 11.8 Å². The van der Waals surface area contributed by atoms with Crippen LogP contribution in [0.15, 0.2) is 18.2 Å². The van der Waals surface area contributed by atoms with E-state index in [1.54, 1.807) is 7.11 Å². The van der Waals surface area contributed by atoms with E-state index in [0.717, 1.165) is 22.3 Å². The summed E-state index contributed by atoms with van der Waals surface area (Å²) in [4.78, 5) is 0. The monoisotopic (exact) mass is 304 g/mol. The number of aliphatic hydroxyl groups is 1. The largest absolute Gasteiger partial charge is 0.497 e. The van der Waals surface area contributed by atoms with Crippen molar-refractivity contribution in [3.05, 3.63) is 29.3 Å². The number of hydrogen-bond acceptors (Lipinski definition) is 3. The van der Waals surface area contributed by atoms with Gasteiger partial charge in [0.15, 0.2) is 0 Å². The highest BCUT2D eigenvalue weighted by atomic mass is 32.2. The van der Waals surface area contributed by atoms with Gasteiger partial charge < -0.3 is 9.84 Å². The molecule has 0 radical (unpaired) electrons. The lowest BCUT2D eigenvalue weighted by molar-refractivity contribution is 0.305. The first-order valence-electron chi connectivity index (χ1n) is 7.71. The lowest BCUT2D eigenvalue weighted by Crippen LogP contribution is -2.08. The summed E-state index contributed by atoms with van der Waals surface area (Å²) in [7, 11) is 1.70. The number of hydrogen-bond donors (Lipinski definition) is 1. The maximum Gasteiger partial charge on any atom is 0.119 e. The summed E-state index contributed by atoms with van der Waals surface area (Å²) in [5.74, 6) is 8.07. The Bertz CT molecular complexity index is 496. The average Bonchev–Trinajstić information content (AvgIpc) is 2.55. The van der Waals surface area contributed by atoms with Gasteiger partial charge in [0.1, 0.15) is 5.75 Å². The molecule has 1 N–H and O–H groups in total. The maximum atomic E-state index is 8.84. The SMILES string of the molecule is COc1ccc(C#CCCO)c(CSC2CCCCC2)c1. The fourth-order valence-corrected chi connectivity index (χ4v) is 3.91. The molecule has 3 heteroatoms. The third-order valence-corrected chi connectivity index (χ3v) is 5.22. The van der Waals surface area contributed by atoms with Crippen molar-refractivity contribution in [2.45, 2.75) is 49.5 Å². The summed E-state index contributed by atoms with van der Waals surface area (Å²) in [5, 5.41) is 9.64. The van der Waals surface area contributed by atoms with Crippen LogP contribution in [-0.4, -0.2) is 24.1 Å². The summed E-state index contributed by atoms with van der Waals surface area (Å²) < 4.78 is 5.33. The number of benzene rings is 1. The van der Waals surface area contributed by atoms with Gasteiger partial charge in [0.2, 0.25) is 0 Å². The highest BCUT2D eigenvalue weighted by Gasteiger charge is 2.14. The van der Waals surface area contributed by atoms with E-state index in [4.69, 9.17) is 9.84 Å². The Morgan fingerprint density at radius 2 is 2.10 bits per heavy atom. The van der Waals surface area contributed by atoms with Gasteiger partial charge in [-0.25, -0.2) is 0 Å². The molecule has 0 saturated heterocycles. The lowest BCUT2D eigenvalue weighted by atomic mass is 10.0. The third kappa shape index (κ3) is 5.30. The van der Waals surface area contributed by atoms with E-state index in [-0.39, 0.29) is 6.61 Å². The van der Waals surface area contributed by atoms with Gasteiger partial charge in [-0.2, -0.15) is 11.8 Å². The van der Waals surface area contributed by atoms with Gasteiger partial charge in [-0.3, -0.25) is 0 Å². The van der Waals surface area contributed by atoms with Crippen LogP contribution in [0.1, 0.15) is 49.7 Å². The first kappa shape index (κ1) is 16.3. The summed E-state index contributed by atoms with van der Waals surface area (Å²) in [6, 6.07) is 6.08. The fraction of sp³-hybridized carbons (Fsp3) is 0.556. The molecule has 0 bridgehead atoms. The molecule has 0 heterocycles. The van der Waals surface area contributed by atoms with Crippen molar-refractivity contribution in [2.75, 3.05) is 13.7 Å². The normalized spacial score (nSPS) is 15.3. The van der Waals surface area contributed by atoms with E-state index < -0.39 is 0 Å². The Morgan fingerprint density at radius 3 is 2.81 bits per heavy atom. The minimum atomic E-state index is 0.120. The van der Waals surface area contributed by atoms with Gasteiger partial charge in [-0.1, -0.05) is 31.1 Å².